The minimum absolute atomic E-state index is 0.130. The van der Waals surface area contributed by atoms with Crippen molar-refractivity contribution in [3.05, 3.63) is 23.8 Å². The molecule has 0 amide bonds. The Morgan fingerprint density at radius 1 is 1.40 bits per heavy atom. The lowest BCUT2D eigenvalue weighted by atomic mass is 9.93. The molecular formula is C15H22N2O2S. The van der Waals surface area contributed by atoms with E-state index in [-0.39, 0.29) is 5.60 Å². The molecule has 0 spiro atoms. The van der Waals surface area contributed by atoms with Gasteiger partial charge in [0.2, 0.25) is 0 Å². The minimum Gasteiger partial charge on any atom is -0.497 e. The molecule has 1 saturated heterocycles. The summed E-state index contributed by atoms with van der Waals surface area (Å²) in [6.07, 6.45) is 2.14. The van der Waals surface area contributed by atoms with Crippen LogP contribution in [0.4, 0.5) is 5.69 Å². The van der Waals surface area contributed by atoms with Crippen LogP contribution in [0.2, 0.25) is 0 Å². The van der Waals surface area contributed by atoms with Crippen LogP contribution in [0.5, 0.6) is 5.75 Å². The maximum absolute atomic E-state index is 5.85. The van der Waals surface area contributed by atoms with Crippen molar-refractivity contribution in [1.82, 2.24) is 0 Å². The lowest BCUT2D eigenvalue weighted by Crippen LogP contribution is -2.48. The molecule has 1 aromatic rings. The quantitative estimate of drug-likeness (QED) is 0.864. The third-order valence-corrected chi connectivity index (χ3v) is 4.18. The molecule has 2 N–H and O–H groups in total. The van der Waals surface area contributed by atoms with Gasteiger partial charge >= 0.3 is 0 Å². The number of nitrogens with zero attached hydrogens (tertiary/aromatic N) is 1. The third-order valence-electron chi connectivity index (χ3n) is 3.96. The monoisotopic (exact) mass is 294 g/mol. The van der Waals surface area contributed by atoms with Crippen LogP contribution in [0.25, 0.3) is 0 Å². The number of benzene rings is 1. The SMILES string of the molecule is COc1ccc(C(N)=S)c(N2CCCC(C)(OC)C2)c1. The second-order valence-corrected chi connectivity index (χ2v) is 5.87. The number of hydrogen-bond acceptors (Lipinski definition) is 4. The van der Waals surface area contributed by atoms with E-state index in [2.05, 4.69) is 11.8 Å². The summed E-state index contributed by atoms with van der Waals surface area (Å²) in [5, 5.41) is 0. The smallest absolute Gasteiger partial charge is 0.120 e. The number of rotatable bonds is 4. The summed E-state index contributed by atoms with van der Waals surface area (Å²) in [6.45, 7) is 3.94. The normalized spacial score (nSPS) is 22.6. The molecule has 110 valence electrons. The maximum Gasteiger partial charge on any atom is 0.120 e. The van der Waals surface area contributed by atoms with Gasteiger partial charge in [0.1, 0.15) is 10.7 Å². The van der Waals surface area contributed by atoms with E-state index in [9.17, 15) is 0 Å². The standard InChI is InChI=1S/C15H22N2O2S/c1-15(19-3)7-4-8-17(10-15)13-9-11(18-2)5-6-12(13)14(16)20/h5-6,9H,4,7-8,10H2,1-3H3,(H2,16,20). The van der Waals surface area contributed by atoms with Crippen molar-refractivity contribution in [2.75, 3.05) is 32.2 Å². The minimum atomic E-state index is -0.130. The largest absolute Gasteiger partial charge is 0.497 e. The lowest BCUT2D eigenvalue weighted by Gasteiger charge is -2.41. The molecule has 1 fully saturated rings. The molecule has 1 aliphatic rings. The Morgan fingerprint density at radius 3 is 2.75 bits per heavy atom. The fraction of sp³-hybridized carbons (Fsp3) is 0.533. The van der Waals surface area contributed by atoms with Gasteiger partial charge in [-0.2, -0.15) is 0 Å². The molecule has 0 radical (unpaired) electrons. The van der Waals surface area contributed by atoms with Gasteiger partial charge in [0, 0.05) is 31.8 Å². The molecule has 1 aromatic carbocycles. The number of methoxy groups -OCH3 is 2. The molecular weight excluding hydrogens is 272 g/mol. The summed E-state index contributed by atoms with van der Waals surface area (Å²) >= 11 is 5.16. The van der Waals surface area contributed by atoms with Gasteiger partial charge in [-0.05, 0) is 31.9 Å². The summed E-state index contributed by atoms with van der Waals surface area (Å²) in [7, 11) is 3.43. The van der Waals surface area contributed by atoms with E-state index >= 15 is 0 Å². The molecule has 1 heterocycles. The number of anilines is 1. The second kappa shape index (κ2) is 5.97. The number of ether oxygens (including phenoxy) is 2. The number of piperidine rings is 1. The summed E-state index contributed by atoms with van der Waals surface area (Å²) in [6, 6.07) is 5.81. The van der Waals surface area contributed by atoms with Crippen LogP contribution in [0.15, 0.2) is 18.2 Å². The van der Waals surface area contributed by atoms with Gasteiger partial charge in [-0.1, -0.05) is 12.2 Å². The molecule has 0 bridgehead atoms. The van der Waals surface area contributed by atoms with Crippen molar-refractivity contribution in [3.63, 3.8) is 0 Å². The van der Waals surface area contributed by atoms with Gasteiger partial charge in [0.05, 0.1) is 18.4 Å². The zero-order chi connectivity index (χ0) is 14.8. The summed E-state index contributed by atoms with van der Waals surface area (Å²) in [5.74, 6) is 0.810. The average molecular weight is 294 g/mol. The van der Waals surface area contributed by atoms with Crippen molar-refractivity contribution in [2.45, 2.75) is 25.4 Å². The predicted octanol–water partition coefficient (Wildman–Crippen LogP) is 2.33. The Kier molecular flexibility index (Phi) is 4.50. The number of nitrogens with two attached hydrogens (primary N) is 1. The van der Waals surface area contributed by atoms with Gasteiger partial charge in [-0.3, -0.25) is 0 Å². The van der Waals surface area contributed by atoms with Crippen molar-refractivity contribution in [2.24, 2.45) is 5.73 Å². The molecule has 0 aromatic heterocycles. The highest BCUT2D eigenvalue weighted by molar-refractivity contribution is 7.80. The van der Waals surface area contributed by atoms with Crippen LogP contribution < -0.4 is 15.4 Å². The van der Waals surface area contributed by atoms with E-state index < -0.39 is 0 Å². The van der Waals surface area contributed by atoms with Crippen LogP contribution in [-0.4, -0.2) is 37.9 Å². The lowest BCUT2D eigenvalue weighted by molar-refractivity contribution is -0.00466. The Labute approximate surface area is 125 Å². The molecule has 2 rings (SSSR count). The van der Waals surface area contributed by atoms with E-state index in [1.54, 1.807) is 14.2 Å². The first-order chi connectivity index (χ1) is 9.49. The first-order valence-electron chi connectivity index (χ1n) is 6.77. The second-order valence-electron chi connectivity index (χ2n) is 5.43. The van der Waals surface area contributed by atoms with E-state index in [4.69, 9.17) is 27.4 Å². The van der Waals surface area contributed by atoms with Crippen LogP contribution >= 0.6 is 12.2 Å². The first-order valence-corrected chi connectivity index (χ1v) is 7.18. The van der Waals surface area contributed by atoms with Gasteiger partial charge < -0.3 is 20.1 Å². The Morgan fingerprint density at radius 2 is 2.15 bits per heavy atom. The van der Waals surface area contributed by atoms with Crippen molar-refractivity contribution in [1.29, 1.82) is 0 Å². The van der Waals surface area contributed by atoms with Gasteiger partial charge in [-0.15, -0.1) is 0 Å². The van der Waals surface area contributed by atoms with Crippen LogP contribution in [0, 0.1) is 0 Å². The predicted molar refractivity (Wildman–Crippen MR) is 85.7 cm³/mol. The van der Waals surface area contributed by atoms with Gasteiger partial charge in [0.25, 0.3) is 0 Å². The molecule has 5 heteroatoms. The Bertz CT molecular complexity index is 507. The van der Waals surface area contributed by atoms with E-state index in [1.807, 2.05) is 18.2 Å². The number of thiocarbonyl (C=S) groups is 1. The van der Waals surface area contributed by atoms with Crippen LogP contribution in [0.3, 0.4) is 0 Å². The van der Waals surface area contributed by atoms with Crippen molar-refractivity contribution < 1.29 is 9.47 Å². The molecule has 0 aliphatic carbocycles. The highest BCUT2D eigenvalue weighted by Crippen LogP contribution is 2.32. The summed E-state index contributed by atoms with van der Waals surface area (Å²) < 4.78 is 11.0. The first kappa shape index (κ1) is 15.1. The van der Waals surface area contributed by atoms with Crippen molar-refractivity contribution in [3.8, 4) is 5.75 Å². The molecule has 20 heavy (non-hydrogen) atoms. The fourth-order valence-corrected chi connectivity index (χ4v) is 2.86. The molecule has 1 aliphatic heterocycles. The summed E-state index contributed by atoms with van der Waals surface area (Å²) in [4.78, 5) is 2.69. The maximum atomic E-state index is 5.85. The van der Waals surface area contributed by atoms with E-state index in [0.717, 1.165) is 42.9 Å². The van der Waals surface area contributed by atoms with Crippen LogP contribution in [0.1, 0.15) is 25.3 Å². The topological polar surface area (TPSA) is 47.7 Å². The summed E-state index contributed by atoms with van der Waals surface area (Å²) in [5.41, 5.74) is 7.63. The third kappa shape index (κ3) is 3.04. The molecule has 1 atom stereocenters. The van der Waals surface area contributed by atoms with Gasteiger partial charge in [0.15, 0.2) is 0 Å². The van der Waals surface area contributed by atoms with Crippen LogP contribution in [-0.2, 0) is 4.74 Å². The highest BCUT2D eigenvalue weighted by atomic mass is 32.1. The van der Waals surface area contributed by atoms with E-state index in [1.165, 1.54) is 0 Å². The Balaban J connectivity index is 2.37. The molecule has 0 saturated carbocycles. The van der Waals surface area contributed by atoms with Gasteiger partial charge in [-0.25, -0.2) is 0 Å². The fourth-order valence-electron chi connectivity index (χ4n) is 2.69. The average Bonchev–Trinajstić information content (AvgIpc) is 2.46. The van der Waals surface area contributed by atoms with E-state index in [0.29, 0.717) is 4.99 Å². The zero-order valence-electron chi connectivity index (χ0n) is 12.3. The number of hydrogen-bond donors (Lipinski definition) is 1. The zero-order valence-corrected chi connectivity index (χ0v) is 13.1. The molecule has 1 unspecified atom stereocenters. The van der Waals surface area contributed by atoms with Crippen molar-refractivity contribution >= 4 is 22.9 Å². The molecule has 4 nitrogen and oxygen atoms in total. The highest BCUT2D eigenvalue weighted by Gasteiger charge is 2.32. The Hall–Kier alpha value is -1.33.